The number of thiophene rings is 1. The third kappa shape index (κ3) is 4.53. The zero-order valence-electron chi connectivity index (χ0n) is 12.8. The number of carbonyl (C=O) groups is 1. The Morgan fingerprint density at radius 3 is 2.78 bits per heavy atom. The lowest BCUT2D eigenvalue weighted by molar-refractivity contribution is -0.121. The van der Waals surface area contributed by atoms with Crippen LogP contribution in [-0.4, -0.2) is 22.2 Å². The van der Waals surface area contributed by atoms with Crippen molar-refractivity contribution in [2.24, 2.45) is 0 Å². The summed E-state index contributed by atoms with van der Waals surface area (Å²) in [6, 6.07) is 14.1. The minimum atomic E-state index is 0.0917. The quantitative estimate of drug-likeness (QED) is 0.725. The maximum Gasteiger partial charge on any atom is 0.220 e. The highest BCUT2D eigenvalue weighted by Crippen LogP contribution is 2.10. The van der Waals surface area contributed by atoms with Gasteiger partial charge in [-0.2, -0.15) is 5.10 Å². The molecule has 1 amide bonds. The summed E-state index contributed by atoms with van der Waals surface area (Å²) in [4.78, 5) is 13.2. The molecule has 2 aromatic heterocycles. The summed E-state index contributed by atoms with van der Waals surface area (Å²) in [5.74, 6) is 0.0917. The molecule has 0 saturated carbocycles. The number of hydrogen-bond acceptors (Lipinski definition) is 3. The number of aromatic nitrogens is 2. The zero-order chi connectivity index (χ0) is 15.9. The third-order valence-electron chi connectivity index (χ3n) is 3.57. The van der Waals surface area contributed by atoms with Gasteiger partial charge >= 0.3 is 0 Å². The number of rotatable bonds is 7. The molecule has 0 radical (unpaired) electrons. The molecule has 0 aliphatic heterocycles. The van der Waals surface area contributed by atoms with Crippen LogP contribution in [0.4, 0.5) is 0 Å². The van der Waals surface area contributed by atoms with Crippen LogP contribution < -0.4 is 5.32 Å². The van der Waals surface area contributed by atoms with E-state index < -0.39 is 0 Å². The summed E-state index contributed by atoms with van der Waals surface area (Å²) in [6.07, 6.45) is 5.90. The first-order chi connectivity index (χ1) is 11.3. The molecule has 0 fully saturated rings. The molecule has 23 heavy (non-hydrogen) atoms. The molecular formula is C18H19N3OS. The van der Waals surface area contributed by atoms with Gasteiger partial charge < -0.3 is 5.32 Å². The molecule has 0 aliphatic carbocycles. The highest BCUT2D eigenvalue weighted by Gasteiger charge is 2.05. The number of amides is 1. The van der Waals surface area contributed by atoms with E-state index in [2.05, 4.69) is 21.9 Å². The Morgan fingerprint density at radius 2 is 2.00 bits per heavy atom. The molecule has 0 bridgehead atoms. The van der Waals surface area contributed by atoms with Gasteiger partial charge in [0.05, 0.1) is 11.9 Å². The summed E-state index contributed by atoms with van der Waals surface area (Å²) in [5.41, 5.74) is 2.10. The number of nitrogens with zero attached hydrogens (tertiary/aromatic N) is 2. The van der Waals surface area contributed by atoms with Crippen molar-refractivity contribution in [2.75, 3.05) is 6.54 Å². The van der Waals surface area contributed by atoms with Gasteiger partial charge in [-0.25, -0.2) is 4.68 Å². The van der Waals surface area contributed by atoms with Crippen molar-refractivity contribution in [2.45, 2.75) is 19.3 Å². The van der Waals surface area contributed by atoms with E-state index in [4.69, 9.17) is 0 Å². The molecule has 0 aliphatic rings. The van der Waals surface area contributed by atoms with Crippen LogP contribution >= 0.6 is 11.3 Å². The maximum atomic E-state index is 11.9. The molecule has 0 saturated heterocycles. The van der Waals surface area contributed by atoms with Crippen LogP contribution in [0, 0.1) is 0 Å². The van der Waals surface area contributed by atoms with Crippen molar-refractivity contribution < 1.29 is 4.79 Å². The fraction of sp³-hybridized carbons (Fsp3) is 0.222. The molecule has 0 unspecified atom stereocenters. The van der Waals surface area contributed by atoms with Gasteiger partial charge in [-0.15, -0.1) is 11.3 Å². The van der Waals surface area contributed by atoms with Crippen molar-refractivity contribution in [3.63, 3.8) is 0 Å². The van der Waals surface area contributed by atoms with Gasteiger partial charge in [0.2, 0.25) is 5.91 Å². The maximum absolute atomic E-state index is 11.9. The monoisotopic (exact) mass is 325 g/mol. The summed E-state index contributed by atoms with van der Waals surface area (Å²) in [5, 5.41) is 9.37. The largest absolute Gasteiger partial charge is 0.356 e. The molecule has 0 atom stereocenters. The number of aryl methyl sites for hydroxylation is 1. The highest BCUT2D eigenvalue weighted by molar-refractivity contribution is 7.09. The van der Waals surface area contributed by atoms with E-state index in [0.717, 1.165) is 17.7 Å². The molecule has 2 heterocycles. The van der Waals surface area contributed by atoms with E-state index in [1.165, 1.54) is 4.88 Å². The number of para-hydroxylation sites is 1. The first-order valence-corrected chi connectivity index (χ1v) is 8.57. The number of benzene rings is 1. The first kappa shape index (κ1) is 15.5. The standard InChI is InChI=1S/C18H19N3OS/c22-18(19-11-10-17-7-4-12-23-17)9-8-15-13-20-21(14-15)16-5-2-1-3-6-16/h1-7,12-14H,8-11H2,(H,19,22). The smallest absolute Gasteiger partial charge is 0.220 e. The van der Waals surface area contributed by atoms with Gasteiger partial charge in [0, 0.05) is 24.0 Å². The van der Waals surface area contributed by atoms with E-state index in [9.17, 15) is 4.79 Å². The van der Waals surface area contributed by atoms with Crippen molar-refractivity contribution in [1.82, 2.24) is 15.1 Å². The minimum absolute atomic E-state index is 0.0917. The van der Waals surface area contributed by atoms with Crippen LogP contribution in [0.25, 0.3) is 5.69 Å². The molecule has 0 spiro atoms. The van der Waals surface area contributed by atoms with Gasteiger partial charge in [0.25, 0.3) is 0 Å². The van der Waals surface area contributed by atoms with Gasteiger partial charge in [0.1, 0.15) is 0 Å². The molecule has 4 nitrogen and oxygen atoms in total. The normalized spacial score (nSPS) is 10.6. The first-order valence-electron chi connectivity index (χ1n) is 7.69. The SMILES string of the molecule is O=C(CCc1cnn(-c2ccccc2)c1)NCCc1cccs1. The van der Waals surface area contributed by atoms with Crippen molar-refractivity contribution in [3.05, 3.63) is 70.7 Å². The van der Waals surface area contributed by atoms with Crippen molar-refractivity contribution >= 4 is 17.2 Å². The summed E-state index contributed by atoms with van der Waals surface area (Å²) in [6.45, 7) is 0.697. The van der Waals surface area contributed by atoms with Crippen LogP contribution in [0.3, 0.4) is 0 Å². The van der Waals surface area contributed by atoms with Crippen LogP contribution in [0.5, 0.6) is 0 Å². The molecule has 3 aromatic rings. The Bertz CT molecular complexity index is 735. The summed E-state index contributed by atoms with van der Waals surface area (Å²) < 4.78 is 1.84. The third-order valence-corrected chi connectivity index (χ3v) is 4.51. The fourth-order valence-electron chi connectivity index (χ4n) is 2.34. The van der Waals surface area contributed by atoms with E-state index in [1.807, 2.05) is 53.5 Å². The summed E-state index contributed by atoms with van der Waals surface area (Å²) in [7, 11) is 0. The highest BCUT2D eigenvalue weighted by atomic mass is 32.1. The van der Waals surface area contributed by atoms with Gasteiger partial charge in [0.15, 0.2) is 0 Å². The molecule has 5 heteroatoms. The number of carbonyl (C=O) groups excluding carboxylic acids is 1. The average Bonchev–Trinajstić information content (AvgIpc) is 3.25. The second-order valence-electron chi connectivity index (χ2n) is 5.31. The Balaban J connectivity index is 1.43. The second-order valence-corrected chi connectivity index (χ2v) is 6.34. The zero-order valence-corrected chi connectivity index (χ0v) is 13.6. The number of nitrogens with one attached hydrogen (secondary N) is 1. The predicted octanol–water partition coefficient (Wildman–Crippen LogP) is 3.23. The van der Waals surface area contributed by atoms with E-state index >= 15 is 0 Å². The van der Waals surface area contributed by atoms with Crippen molar-refractivity contribution in [1.29, 1.82) is 0 Å². The van der Waals surface area contributed by atoms with Crippen molar-refractivity contribution in [3.8, 4) is 5.69 Å². The van der Waals surface area contributed by atoms with Crippen LogP contribution in [0.1, 0.15) is 16.9 Å². The molecular weight excluding hydrogens is 306 g/mol. The average molecular weight is 325 g/mol. The van der Waals surface area contributed by atoms with E-state index in [-0.39, 0.29) is 5.91 Å². The molecule has 3 rings (SSSR count). The Morgan fingerprint density at radius 1 is 1.13 bits per heavy atom. The van der Waals surface area contributed by atoms with Gasteiger partial charge in [-0.05, 0) is 42.0 Å². The van der Waals surface area contributed by atoms with Gasteiger partial charge in [-0.3, -0.25) is 4.79 Å². The Kier molecular flexibility index (Phi) is 5.21. The lowest BCUT2D eigenvalue weighted by Gasteiger charge is -2.03. The van der Waals surface area contributed by atoms with E-state index in [1.54, 1.807) is 11.3 Å². The lowest BCUT2D eigenvalue weighted by atomic mass is 10.2. The lowest BCUT2D eigenvalue weighted by Crippen LogP contribution is -2.25. The predicted molar refractivity (Wildman–Crippen MR) is 92.9 cm³/mol. The molecule has 1 N–H and O–H groups in total. The summed E-state index contributed by atoms with van der Waals surface area (Å²) >= 11 is 1.72. The van der Waals surface area contributed by atoms with Crippen LogP contribution in [0.15, 0.2) is 60.2 Å². The minimum Gasteiger partial charge on any atom is -0.356 e. The Labute approximate surface area is 139 Å². The molecule has 1 aromatic carbocycles. The Hall–Kier alpha value is -2.40. The molecule has 118 valence electrons. The van der Waals surface area contributed by atoms with E-state index in [0.29, 0.717) is 19.4 Å². The second kappa shape index (κ2) is 7.74. The van der Waals surface area contributed by atoms with Crippen LogP contribution in [-0.2, 0) is 17.6 Å². The number of hydrogen-bond donors (Lipinski definition) is 1. The van der Waals surface area contributed by atoms with Crippen LogP contribution in [0.2, 0.25) is 0 Å². The fourth-order valence-corrected chi connectivity index (χ4v) is 3.05. The topological polar surface area (TPSA) is 46.9 Å². The van der Waals surface area contributed by atoms with Gasteiger partial charge in [-0.1, -0.05) is 24.3 Å².